The standard InChI is InChI=1S/C16H12N4O3S/c1-2-23-12-7-8-13-14(9-12)24-16-18-17-15(19(13)16)10-3-5-11(6-4-10)20(21)22/h3-9H,2H2,1H3. The largest absolute Gasteiger partial charge is 0.494 e. The van der Waals surface area contributed by atoms with E-state index in [4.69, 9.17) is 4.74 Å². The van der Waals surface area contributed by atoms with Crippen LogP contribution in [0.3, 0.4) is 0 Å². The Balaban J connectivity index is 1.86. The number of aromatic nitrogens is 3. The maximum Gasteiger partial charge on any atom is 0.269 e. The number of nitrogens with zero attached hydrogens (tertiary/aromatic N) is 4. The molecule has 0 saturated carbocycles. The van der Waals surface area contributed by atoms with Gasteiger partial charge in [0.25, 0.3) is 5.69 Å². The molecule has 0 aliphatic carbocycles. The minimum absolute atomic E-state index is 0.0519. The molecule has 24 heavy (non-hydrogen) atoms. The van der Waals surface area contributed by atoms with Gasteiger partial charge in [0.1, 0.15) is 5.75 Å². The van der Waals surface area contributed by atoms with Gasteiger partial charge in [-0.15, -0.1) is 10.2 Å². The molecule has 0 atom stereocenters. The first-order valence-corrected chi connectivity index (χ1v) is 8.14. The molecule has 0 amide bonds. The Morgan fingerprint density at radius 1 is 1.21 bits per heavy atom. The minimum Gasteiger partial charge on any atom is -0.494 e. The lowest BCUT2D eigenvalue weighted by Gasteiger charge is -2.03. The molecule has 0 bridgehead atoms. The second kappa shape index (κ2) is 5.57. The van der Waals surface area contributed by atoms with E-state index in [0.717, 1.165) is 26.5 Å². The smallest absolute Gasteiger partial charge is 0.269 e. The van der Waals surface area contributed by atoms with Crippen LogP contribution in [0.15, 0.2) is 42.5 Å². The Hall–Kier alpha value is -3.00. The lowest BCUT2D eigenvalue weighted by Crippen LogP contribution is -1.92. The molecule has 2 aromatic carbocycles. The highest BCUT2D eigenvalue weighted by molar-refractivity contribution is 7.23. The molecule has 0 spiro atoms. The Morgan fingerprint density at radius 2 is 2.00 bits per heavy atom. The van der Waals surface area contributed by atoms with Gasteiger partial charge in [-0.3, -0.25) is 14.5 Å². The van der Waals surface area contributed by atoms with E-state index < -0.39 is 4.92 Å². The maximum atomic E-state index is 10.8. The summed E-state index contributed by atoms with van der Waals surface area (Å²) < 4.78 is 8.54. The SMILES string of the molecule is CCOc1ccc2c(c1)sc1nnc(-c3ccc([N+](=O)[O-])cc3)n12. The van der Waals surface area contributed by atoms with Crippen LogP contribution in [0.2, 0.25) is 0 Å². The van der Waals surface area contributed by atoms with E-state index in [2.05, 4.69) is 10.2 Å². The van der Waals surface area contributed by atoms with Crippen LogP contribution in [0.1, 0.15) is 6.92 Å². The molecule has 0 saturated heterocycles. The van der Waals surface area contributed by atoms with E-state index in [1.54, 1.807) is 12.1 Å². The number of benzene rings is 2. The van der Waals surface area contributed by atoms with Crippen LogP contribution in [-0.4, -0.2) is 26.1 Å². The first-order chi connectivity index (χ1) is 11.7. The average Bonchev–Trinajstić information content (AvgIpc) is 3.13. The second-order valence-electron chi connectivity index (χ2n) is 5.11. The van der Waals surface area contributed by atoms with Gasteiger partial charge >= 0.3 is 0 Å². The van der Waals surface area contributed by atoms with Crippen LogP contribution < -0.4 is 4.74 Å². The number of non-ortho nitro benzene ring substituents is 1. The molecule has 8 heteroatoms. The van der Waals surface area contributed by atoms with Gasteiger partial charge in [0.2, 0.25) is 4.96 Å². The summed E-state index contributed by atoms with van der Waals surface area (Å²) in [7, 11) is 0. The lowest BCUT2D eigenvalue weighted by atomic mass is 10.2. The van der Waals surface area contributed by atoms with Gasteiger partial charge in [0, 0.05) is 17.7 Å². The quantitative estimate of drug-likeness (QED) is 0.415. The van der Waals surface area contributed by atoms with Crippen molar-refractivity contribution in [3.05, 3.63) is 52.6 Å². The summed E-state index contributed by atoms with van der Waals surface area (Å²) in [5, 5.41) is 19.2. The van der Waals surface area contributed by atoms with Crippen molar-refractivity contribution in [2.45, 2.75) is 6.92 Å². The molecule has 120 valence electrons. The Labute approximate surface area is 140 Å². The molecule has 0 radical (unpaired) electrons. The predicted octanol–water partition coefficient (Wildman–Crippen LogP) is 3.92. The van der Waals surface area contributed by atoms with E-state index >= 15 is 0 Å². The molecular weight excluding hydrogens is 328 g/mol. The monoisotopic (exact) mass is 340 g/mol. The molecule has 0 aliphatic rings. The zero-order valence-electron chi connectivity index (χ0n) is 12.7. The number of thiazole rings is 1. The van der Waals surface area contributed by atoms with Crippen LogP contribution in [-0.2, 0) is 0 Å². The minimum atomic E-state index is -0.418. The average molecular weight is 340 g/mol. The van der Waals surface area contributed by atoms with Crippen molar-refractivity contribution >= 4 is 32.2 Å². The molecule has 4 aromatic rings. The summed E-state index contributed by atoms with van der Waals surface area (Å²) in [5.74, 6) is 1.48. The summed E-state index contributed by atoms with van der Waals surface area (Å²) in [6, 6.07) is 12.2. The van der Waals surface area contributed by atoms with Crippen LogP contribution in [0.4, 0.5) is 5.69 Å². The van der Waals surface area contributed by atoms with Crippen molar-refractivity contribution in [3.8, 4) is 17.1 Å². The highest BCUT2D eigenvalue weighted by Crippen LogP contribution is 2.32. The molecule has 0 fully saturated rings. The van der Waals surface area contributed by atoms with Crippen molar-refractivity contribution in [1.29, 1.82) is 0 Å². The van der Waals surface area contributed by atoms with Crippen molar-refractivity contribution in [2.24, 2.45) is 0 Å². The van der Waals surface area contributed by atoms with Gasteiger partial charge in [-0.2, -0.15) is 0 Å². The first kappa shape index (κ1) is 14.6. The third kappa shape index (κ3) is 2.28. The number of hydrogen-bond donors (Lipinski definition) is 0. The van der Waals surface area contributed by atoms with Crippen LogP contribution >= 0.6 is 11.3 Å². The molecule has 0 N–H and O–H groups in total. The lowest BCUT2D eigenvalue weighted by molar-refractivity contribution is -0.384. The summed E-state index contributed by atoms with van der Waals surface area (Å²) in [4.78, 5) is 11.1. The summed E-state index contributed by atoms with van der Waals surface area (Å²) in [6.45, 7) is 2.56. The molecule has 0 aliphatic heterocycles. The molecule has 4 rings (SSSR count). The number of nitro groups is 1. The molecule has 2 aromatic heterocycles. The Kier molecular flexibility index (Phi) is 3.39. The fraction of sp³-hybridized carbons (Fsp3) is 0.125. The summed E-state index contributed by atoms with van der Waals surface area (Å²) in [5.41, 5.74) is 1.81. The molecule has 0 unspecified atom stereocenters. The van der Waals surface area contributed by atoms with Crippen molar-refractivity contribution in [3.63, 3.8) is 0 Å². The van der Waals surface area contributed by atoms with Crippen molar-refractivity contribution < 1.29 is 9.66 Å². The van der Waals surface area contributed by atoms with Crippen LogP contribution in [0.5, 0.6) is 5.75 Å². The molecule has 7 nitrogen and oxygen atoms in total. The van der Waals surface area contributed by atoms with E-state index in [9.17, 15) is 10.1 Å². The summed E-state index contributed by atoms with van der Waals surface area (Å²) >= 11 is 1.53. The highest BCUT2D eigenvalue weighted by atomic mass is 32.1. The van der Waals surface area contributed by atoms with Gasteiger partial charge in [-0.25, -0.2) is 0 Å². The predicted molar refractivity (Wildman–Crippen MR) is 91.6 cm³/mol. The fourth-order valence-electron chi connectivity index (χ4n) is 2.59. The Bertz CT molecular complexity index is 1050. The van der Waals surface area contributed by atoms with Gasteiger partial charge in [-0.05, 0) is 37.3 Å². The summed E-state index contributed by atoms with van der Waals surface area (Å²) in [6.07, 6.45) is 0. The fourth-order valence-corrected chi connectivity index (χ4v) is 3.58. The van der Waals surface area contributed by atoms with Gasteiger partial charge in [-0.1, -0.05) is 11.3 Å². The third-order valence-electron chi connectivity index (χ3n) is 3.65. The van der Waals surface area contributed by atoms with Gasteiger partial charge in [0.05, 0.1) is 21.7 Å². The number of hydrogen-bond acceptors (Lipinski definition) is 6. The van der Waals surface area contributed by atoms with E-state index in [0.29, 0.717) is 12.4 Å². The van der Waals surface area contributed by atoms with Crippen molar-refractivity contribution in [1.82, 2.24) is 14.6 Å². The maximum absolute atomic E-state index is 10.8. The van der Waals surface area contributed by atoms with E-state index in [1.165, 1.54) is 23.5 Å². The number of rotatable bonds is 4. The van der Waals surface area contributed by atoms with Crippen molar-refractivity contribution in [2.75, 3.05) is 6.61 Å². The van der Waals surface area contributed by atoms with Gasteiger partial charge in [0.15, 0.2) is 5.82 Å². The van der Waals surface area contributed by atoms with Crippen LogP contribution in [0.25, 0.3) is 26.6 Å². The van der Waals surface area contributed by atoms with Crippen LogP contribution in [0, 0.1) is 10.1 Å². The topological polar surface area (TPSA) is 82.6 Å². The third-order valence-corrected chi connectivity index (χ3v) is 4.65. The Morgan fingerprint density at radius 3 is 2.71 bits per heavy atom. The zero-order chi connectivity index (χ0) is 16.7. The first-order valence-electron chi connectivity index (χ1n) is 7.32. The number of fused-ring (bicyclic) bond motifs is 3. The second-order valence-corrected chi connectivity index (χ2v) is 6.12. The molecule has 2 heterocycles. The zero-order valence-corrected chi connectivity index (χ0v) is 13.5. The van der Waals surface area contributed by atoms with E-state index in [1.807, 2.05) is 29.5 Å². The molecular formula is C16H12N4O3S. The van der Waals surface area contributed by atoms with E-state index in [-0.39, 0.29) is 5.69 Å². The number of ether oxygens (including phenoxy) is 1. The number of nitro benzene ring substituents is 1. The normalized spacial score (nSPS) is 11.2. The van der Waals surface area contributed by atoms with Gasteiger partial charge < -0.3 is 4.74 Å². The highest BCUT2D eigenvalue weighted by Gasteiger charge is 2.15.